The van der Waals surface area contributed by atoms with Crippen LogP contribution in [0, 0.1) is 6.92 Å². The average molecular weight is 508 g/mol. The van der Waals surface area contributed by atoms with Crippen molar-refractivity contribution >= 4 is 52.6 Å². The molecule has 1 N–H and O–H groups in total. The molecule has 168 valence electrons. The number of hydrogen-bond donors (Lipinski definition) is 1. The third kappa shape index (κ3) is 5.49. The summed E-state index contributed by atoms with van der Waals surface area (Å²) in [5.74, 6) is 0.428. The number of amides is 1. The highest BCUT2D eigenvalue weighted by atomic mass is 35.5. The molecule has 0 bridgehead atoms. The Balaban J connectivity index is 1.84. The Morgan fingerprint density at radius 3 is 2.48 bits per heavy atom. The number of carbonyl (C=O) groups excluding carboxylic acids is 1. The molecule has 2 atom stereocenters. The fraction of sp³-hybridized carbons (Fsp3) is 0.409. The van der Waals surface area contributed by atoms with Crippen molar-refractivity contribution in [1.82, 2.24) is 5.32 Å². The van der Waals surface area contributed by atoms with Crippen molar-refractivity contribution in [2.24, 2.45) is 0 Å². The van der Waals surface area contributed by atoms with Crippen molar-refractivity contribution in [3.8, 4) is 0 Å². The van der Waals surface area contributed by atoms with Crippen LogP contribution in [-0.2, 0) is 16.1 Å². The van der Waals surface area contributed by atoms with E-state index in [1.54, 1.807) is 0 Å². The first kappa shape index (κ1) is 24.6. The Bertz CT molecular complexity index is 950. The number of aryl methyl sites for hydroxylation is 1. The maximum Gasteiger partial charge on any atom is 0.407 e. The normalized spacial score (nSPS) is 21.3. The molecule has 0 aromatic heterocycles. The van der Waals surface area contributed by atoms with Gasteiger partial charge in [-0.3, -0.25) is 4.79 Å². The molecule has 3 rings (SSSR count). The molecule has 0 spiro atoms. The lowest BCUT2D eigenvalue weighted by atomic mass is 9.84. The van der Waals surface area contributed by atoms with Crippen LogP contribution in [0.15, 0.2) is 36.4 Å². The first-order chi connectivity index (χ1) is 14.6. The van der Waals surface area contributed by atoms with Gasteiger partial charge in [-0.25, -0.2) is 0 Å². The molecule has 1 aliphatic rings. The van der Waals surface area contributed by atoms with Gasteiger partial charge in [-0.2, -0.15) is 24.9 Å². The van der Waals surface area contributed by atoms with Crippen molar-refractivity contribution in [2.45, 2.75) is 36.7 Å². The first-order valence-corrected chi connectivity index (χ1v) is 12.7. The quantitative estimate of drug-likeness (QED) is 0.458. The van der Waals surface area contributed by atoms with E-state index in [1.807, 2.05) is 31.4 Å². The lowest BCUT2D eigenvalue weighted by molar-refractivity contribution is -0.163. The van der Waals surface area contributed by atoms with Gasteiger partial charge in [0.05, 0.1) is 5.75 Å². The van der Waals surface area contributed by atoms with Gasteiger partial charge >= 0.3 is 6.18 Å². The summed E-state index contributed by atoms with van der Waals surface area (Å²) in [6, 6.07) is 9.85. The third-order valence-corrected chi connectivity index (χ3v) is 8.12. The van der Waals surface area contributed by atoms with Gasteiger partial charge in [-0.05, 0) is 66.0 Å². The van der Waals surface area contributed by atoms with Gasteiger partial charge in [-0.1, -0.05) is 41.4 Å². The van der Waals surface area contributed by atoms with E-state index in [0.717, 1.165) is 28.5 Å². The van der Waals surface area contributed by atoms with E-state index in [1.165, 1.54) is 30.0 Å². The maximum atomic E-state index is 14.3. The standard InChI is InChI=1S/C22H22Cl2F3NOS2/c1-13-5-14(3-4-15(13)10-28-20(29)12-30-2)16-9-21(31-11-16,22(25,26)27)17-6-18(23)8-19(24)7-17/h3-8,16H,9-12H2,1-2H3,(H,28,29). The number of thioether (sulfide) groups is 2. The molecule has 0 saturated carbocycles. The minimum Gasteiger partial charge on any atom is -0.351 e. The number of hydrogen-bond acceptors (Lipinski definition) is 3. The van der Waals surface area contributed by atoms with Crippen molar-refractivity contribution < 1.29 is 18.0 Å². The predicted molar refractivity (Wildman–Crippen MR) is 125 cm³/mol. The van der Waals surface area contributed by atoms with Crippen LogP contribution in [0.2, 0.25) is 10.0 Å². The summed E-state index contributed by atoms with van der Waals surface area (Å²) < 4.78 is 40.8. The molecule has 1 saturated heterocycles. The van der Waals surface area contributed by atoms with Crippen molar-refractivity contribution in [3.05, 3.63) is 68.7 Å². The maximum absolute atomic E-state index is 14.3. The SMILES string of the molecule is CSCC(=O)NCc1ccc(C2CSC(c3cc(Cl)cc(Cl)c3)(C(F)(F)F)C2)cc1C. The molecule has 31 heavy (non-hydrogen) atoms. The molecule has 2 unspecified atom stereocenters. The molecule has 9 heteroatoms. The van der Waals surface area contributed by atoms with Crippen molar-refractivity contribution in [1.29, 1.82) is 0 Å². The lowest BCUT2D eigenvalue weighted by Gasteiger charge is -2.32. The van der Waals surface area contributed by atoms with Crippen LogP contribution in [0.4, 0.5) is 13.2 Å². The van der Waals surface area contributed by atoms with Gasteiger partial charge in [0.15, 0.2) is 0 Å². The van der Waals surface area contributed by atoms with Crippen LogP contribution in [0.1, 0.15) is 34.6 Å². The van der Waals surface area contributed by atoms with Crippen LogP contribution in [0.5, 0.6) is 0 Å². The molecule has 2 aromatic rings. The first-order valence-electron chi connectivity index (χ1n) is 9.58. The van der Waals surface area contributed by atoms with Crippen LogP contribution in [-0.4, -0.2) is 29.8 Å². The van der Waals surface area contributed by atoms with E-state index in [2.05, 4.69) is 5.32 Å². The number of carbonyl (C=O) groups is 1. The Labute approximate surface area is 198 Å². The highest BCUT2D eigenvalue weighted by Crippen LogP contribution is 2.60. The Hall–Kier alpha value is -1.02. The molecule has 0 aliphatic carbocycles. The predicted octanol–water partition coefficient (Wildman–Crippen LogP) is 6.96. The molecule has 2 nitrogen and oxygen atoms in total. The largest absolute Gasteiger partial charge is 0.407 e. The fourth-order valence-electron chi connectivity index (χ4n) is 3.82. The number of alkyl halides is 3. The Kier molecular flexibility index (Phi) is 7.83. The van der Waals surface area contributed by atoms with Crippen LogP contribution >= 0.6 is 46.7 Å². The number of rotatable bonds is 6. The van der Waals surface area contributed by atoms with Gasteiger partial charge in [0.2, 0.25) is 5.91 Å². The lowest BCUT2D eigenvalue weighted by Crippen LogP contribution is -2.37. The van der Waals surface area contributed by atoms with Crippen LogP contribution in [0.25, 0.3) is 0 Å². The molecular weight excluding hydrogens is 486 g/mol. The summed E-state index contributed by atoms with van der Waals surface area (Å²) in [6.07, 6.45) is -2.67. The molecule has 0 radical (unpaired) electrons. The molecule has 2 aromatic carbocycles. The highest BCUT2D eigenvalue weighted by Gasteiger charge is 2.60. The van der Waals surface area contributed by atoms with E-state index in [4.69, 9.17) is 23.2 Å². The second-order valence-electron chi connectivity index (χ2n) is 7.59. The van der Waals surface area contributed by atoms with Gasteiger partial charge in [-0.15, -0.1) is 11.8 Å². The van der Waals surface area contributed by atoms with E-state index in [-0.39, 0.29) is 33.9 Å². The van der Waals surface area contributed by atoms with Crippen molar-refractivity contribution in [2.75, 3.05) is 17.8 Å². The molecular formula is C22H22Cl2F3NOS2. The third-order valence-electron chi connectivity index (χ3n) is 5.44. The van der Waals surface area contributed by atoms with E-state index >= 15 is 0 Å². The highest BCUT2D eigenvalue weighted by molar-refractivity contribution is 8.00. The summed E-state index contributed by atoms with van der Waals surface area (Å²) in [4.78, 5) is 11.7. The summed E-state index contributed by atoms with van der Waals surface area (Å²) in [7, 11) is 0. The average Bonchev–Trinajstić information content (AvgIpc) is 3.13. The van der Waals surface area contributed by atoms with Gasteiger partial charge < -0.3 is 5.32 Å². The van der Waals surface area contributed by atoms with Gasteiger partial charge in [0.1, 0.15) is 4.75 Å². The van der Waals surface area contributed by atoms with Crippen molar-refractivity contribution in [3.63, 3.8) is 0 Å². The monoisotopic (exact) mass is 507 g/mol. The summed E-state index contributed by atoms with van der Waals surface area (Å²) in [5.41, 5.74) is 2.85. The zero-order valence-electron chi connectivity index (χ0n) is 17.0. The molecule has 1 aliphatic heterocycles. The summed E-state index contributed by atoms with van der Waals surface area (Å²) in [6.45, 7) is 2.31. The minimum atomic E-state index is -4.45. The number of halogens is 5. The molecule has 1 amide bonds. The number of nitrogens with one attached hydrogen (secondary N) is 1. The second kappa shape index (κ2) is 9.86. The second-order valence-corrected chi connectivity index (χ2v) is 10.6. The zero-order valence-corrected chi connectivity index (χ0v) is 20.1. The molecule has 1 fully saturated rings. The topological polar surface area (TPSA) is 29.1 Å². The van der Waals surface area contributed by atoms with Gasteiger partial charge in [0, 0.05) is 22.3 Å². The fourth-order valence-corrected chi connectivity index (χ4v) is 6.27. The Morgan fingerprint density at radius 2 is 1.90 bits per heavy atom. The summed E-state index contributed by atoms with van der Waals surface area (Å²) in [5, 5.41) is 3.24. The zero-order chi connectivity index (χ0) is 22.8. The van der Waals surface area contributed by atoms with Crippen LogP contribution < -0.4 is 5.32 Å². The van der Waals surface area contributed by atoms with E-state index in [0.29, 0.717) is 18.1 Å². The Morgan fingerprint density at radius 1 is 1.23 bits per heavy atom. The molecule has 1 heterocycles. The summed E-state index contributed by atoms with van der Waals surface area (Å²) >= 11 is 14.4. The van der Waals surface area contributed by atoms with E-state index < -0.39 is 10.9 Å². The minimum absolute atomic E-state index is 0.0432. The van der Waals surface area contributed by atoms with Crippen LogP contribution in [0.3, 0.4) is 0 Å². The smallest absolute Gasteiger partial charge is 0.351 e. The van der Waals surface area contributed by atoms with E-state index in [9.17, 15) is 18.0 Å². The number of benzene rings is 2. The van der Waals surface area contributed by atoms with Gasteiger partial charge in [0.25, 0.3) is 0 Å².